The van der Waals surface area contributed by atoms with Gasteiger partial charge in [-0.1, -0.05) is 6.07 Å². The van der Waals surface area contributed by atoms with Crippen molar-refractivity contribution in [1.82, 2.24) is 0 Å². The first kappa shape index (κ1) is 24.5. The Kier molecular flexibility index (Phi) is 5.55. The van der Waals surface area contributed by atoms with Crippen LogP contribution in [0.2, 0.25) is 0 Å². The molecule has 0 unspecified atom stereocenters. The fourth-order valence-electron chi connectivity index (χ4n) is 6.37. The zero-order valence-electron chi connectivity index (χ0n) is 23.2. The quantitative estimate of drug-likeness (QED) is 0.183. The molecule has 7 aromatic carbocycles. The Morgan fingerprint density at radius 2 is 1.07 bits per heavy atom. The maximum absolute atomic E-state index is 6.18. The Morgan fingerprint density at radius 1 is 0.419 bits per heavy atom. The van der Waals surface area contributed by atoms with E-state index in [9.17, 15) is 0 Å². The first-order valence-electron chi connectivity index (χ1n) is 14.5. The van der Waals surface area contributed by atoms with Gasteiger partial charge in [-0.2, -0.15) is 0 Å². The van der Waals surface area contributed by atoms with E-state index in [1.807, 2.05) is 12.1 Å². The Labute approximate surface area is 254 Å². The second-order valence-electron chi connectivity index (χ2n) is 11.0. The molecule has 202 valence electrons. The van der Waals surface area contributed by atoms with Gasteiger partial charge >= 0.3 is 250 Å². The number of nitrogens with zero attached hydrogens (tertiary/aromatic N) is 1. The molecular formula is C40H25NOSe. The average Bonchev–Trinajstić information content (AvgIpc) is 3.64. The molecule has 0 bridgehead atoms. The number of hydrogen-bond acceptors (Lipinski definition) is 2. The third-order valence-electron chi connectivity index (χ3n) is 8.45. The van der Waals surface area contributed by atoms with Gasteiger partial charge in [0.05, 0.1) is 0 Å². The Bertz CT molecular complexity index is 2450. The predicted molar refractivity (Wildman–Crippen MR) is 183 cm³/mol. The van der Waals surface area contributed by atoms with E-state index in [2.05, 4.69) is 144 Å². The molecule has 0 fully saturated rings. The Hall–Kier alpha value is -5.08. The average molecular weight is 615 g/mol. The molecule has 0 atom stereocenters. The molecule has 0 aliphatic heterocycles. The monoisotopic (exact) mass is 615 g/mol. The third kappa shape index (κ3) is 4.01. The molecule has 2 heterocycles. The number of benzene rings is 7. The molecule has 0 saturated heterocycles. The summed E-state index contributed by atoms with van der Waals surface area (Å²) in [5, 5.41) is 7.67. The van der Waals surface area contributed by atoms with Gasteiger partial charge in [0, 0.05) is 0 Å². The van der Waals surface area contributed by atoms with Crippen molar-refractivity contribution in [2.24, 2.45) is 0 Å². The fourth-order valence-corrected chi connectivity index (χ4v) is 8.92. The number of anilines is 3. The third-order valence-corrected chi connectivity index (χ3v) is 11.0. The molecule has 0 N–H and O–H groups in total. The standard InChI is InChI=1S/C40H25NOSe/c1-2-8-26(9-3-1)27-14-17-29(18-15-27)41(30-19-22-38-35(24-30)33-12-6-7-13-37(33)42-38)31-20-23-39-36(25-31)34-21-16-28-10-4-5-11-32(28)40(34)43-39/h1-25H. The van der Waals surface area contributed by atoms with Crippen molar-refractivity contribution >= 4 is 83.6 Å². The normalized spacial score (nSPS) is 11.7. The summed E-state index contributed by atoms with van der Waals surface area (Å²) in [6, 6.07) is 54.7. The Morgan fingerprint density at radius 3 is 1.93 bits per heavy atom. The van der Waals surface area contributed by atoms with Crippen LogP contribution in [-0.4, -0.2) is 14.5 Å². The van der Waals surface area contributed by atoms with Crippen LogP contribution in [-0.2, 0) is 0 Å². The molecule has 9 rings (SSSR count). The van der Waals surface area contributed by atoms with Gasteiger partial charge < -0.3 is 0 Å². The van der Waals surface area contributed by atoms with E-state index in [1.165, 1.54) is 41.2 Å². The molecule has 43 heavy (non-hydrogen) atoms. The second-order valence-corrected chi connectivity index (χ2v) is 13.2. The molecule has 0 spiro atoms. The summed E-state index contributed by atoms with van der Waals surface area (Å²) in [6.07, 6.45) is 0. The van der Waals surface area contributed by atoms with Crippen molar-refractivity contribution in [3.05, 3.63) is 152 Å². The van der Waals surface area contributed by atoms with Crippen molar-refractivity contribution in [2.45, 2.75) is 0 Å². The predicted octanol–water partition coefficient (Wildman–Crippen LogP) is 11.2. The molecule has 0 aliphatic carbocycles. The molecule has 3 heteroatoms. The molecular weight excluding hydrogens is 589 g/mol. The van der Waals surface area contributed by atoms with E-state index in [0.29, 0.717) is 0 Å². The van der Waals surface area contributed by atoms with Crippen LogP contribution in [0.4, 0.5) is 17.1 Å². The summed E-state index contributed by atoms with van der Waals surface area (Å²) < 4.78 is 9.11. The molecule has 0 saturated carbocycles. The van der Waals surface area contributed by atoms with Gasteiger partial charge in [0.2, 0.25) is 0 Å². The first-order chi connectivity index (χ1) is 21.3. The maximum atomic E-state index is 6.18. The number of fused-ring (bicyclic) bond motifs is 8. The van der Waals surface area contributed by atoms with E-state index in [4.69, 9.17) is 4.42 Å². The van der Waals surface area contributed by atoms with Gasteiger partial charge in [-0.15, -0.1) is 0 Å². The van der Waals surface area contributed by atoms with Crippen molar-refractivity contribution in [3.8, 4) is 11.1 Å². The zero-order valence-corrected chi connectivity index (χ0v) is 24.9. The van der Waals surface area contributed by atoms with Crippen LogP contribution < -0.4 is 4.90 Å². The topological polar surface area (TPSA) is 16.4 Å². The van der Waals surface area contributed by atoms with E-state index in [1.54, 1.807) is 0 Å². The van der Waals surface area contributed by atoms with Gasteiger partial charge in [0.1, 0.15) is 0 Å². The summed E-state index contributed by atoms with van der Waals surface area (Å²) in [5.41, 5.74) is 7.62. The van der Waals surface area contributed by atoms with Gasteiger partial charge in [-0.05, 0) is 0 Å². The van der Waals surface area contributed by atoms with E-state index >= 15 is 0 Å². The van der Waals surface area contributed by atoms with Crippen LogP contribution in [0.3, 0.4) is 0 Å². The summed E-state index contributed by atoms with van der Waals surface area (Å²) in [4.78, 5) is 2.38. The van der Waals surface area contributed by atoms with Crippen LogP contribution in [0.5, 0.6) is 0 Å². The fraction of sp³-hybridized carbons (Fsp3) is 0. The van der Waals surface area contributed by atoms with Crippen LogP contribution in [0.15, 0.2) is 156 Å². The van der Waals surface area contributed by atoms with Gasteiger partial charge in [-0.25, -0.2) is 0 Å². The summed E-state index contributed by atoms with van der Waals surface area (Å²) in [6.45, 7) is 0. The van der Waals surface area contributed by atoms with E-state index < -0.39 is 0 Å². The van der Waals surface area contributed by atoms with Crippen LogP contribution in [0, 0.1) is 0 Å². The summed E-state index contributed by atoms with van der Waals surface area (Å²) >= 11 is 0.279. The molecule has 2 nitrogen and oxygen atoms in total. The molecule has 2 aromatic heterocycles. The van der Waals surface area contributed by atoms with Crippen molar-refractivity contribution in [3.63, 3.8) is 0 Å². The molecule has 9 aromatic rings. The van der Waals surface area contributed by atoms with E-state index in [-0.39, 0.29) is 14.5 Å². The Balaban J connectivity index is 1.25. The molecule has 0 aliphatic rings. The van der Waals surface area contributed by atoms with Crippen LogP contribution in [0.25, 0.3) is 63.1 Å². The molecule has 0 radical (unpaired) electrons. The van der Waals surface area contributed by atoms with Gasteiger partial charge in [0.15, 0.2) is 0 Å². The number of furan rings is 1. The number of para-hydroxylation sites is 1. The number of hydrogen-bond donors (Lipinski definition) is 0. The first-order valence-corrected chi connectivity index (χ1v) is 16.2. The van der Waals surface area contributed by atoms with Crippen LogP contribution in [0.1, 0.15) is 0 Å². The SMILES string of the molecule is c1ccc(-c2ccc(N(c3ccc4oc5ccccc5c4c3)c3ccc4[se]c5c6ccccc6ccc5c4c3)cc2)cc1. The minimum atomic E-state index is 0.279. The van der Waals surface area contributed by atoms with Gasteiger partial charge in [0.25, 0.3) is 0 Å². The van der Waals surface area contributed by atoms with Crippen molar-refractivity contribution in [1.29, 1.82) is 0 Å². The molecule has 0 amide bonds. The van der Waals surface area contributed by atoms with Crippen LogP contribution >= 0.6 is 0 Å². The van der Waals surface area contributed by atoms with Crippen molar-refractivity contribution < 1.29 is 4.42 Å². The zero-order chi connectivity index (χ0) is 28.3. The summed E-state index contributed by atoms with van der Waals surface area (Å²) in [5.74, 6) is 0. The van der Waals surface area contributed by atoms with E-state index in [0.717, 1.165) is 39.0 Å². The second kappa shape index (κ2) is 9.74. The number of rotatable bonds is 4. The summed E-state index contributed by atoms with van der Waals surface area (Å²) in [7, 11) is 0. The van der Waals surface area contributed by atoms with Crippen molar-refractivity contribution in [2.75, 3.05) is 4.90 Å². The van der Waals surface area contributed by atoms with Gasteiger partial charge in [-0.3, -0.25) is 0 Å². The minimum absolute atomic E-state index is 0.279.